The van der Waals surface area contributed by atoms with Crippen LogP contribution in [0.4, 0.5) is 5.69 Å². The van der Waals surface area contributed by atoms with E-state index in [2.05, 4.69) is 0 Å². The molecule has 2 amide bonds. The summed E-state index contributed by atoms with van der Waals surface area (Å²) in [7, 11) is 3.04. The summed E-state index contributed by atoms with van der Waals surface area (Å²) in [5.74, 6) is 0.209. The van der Waals surface area contributed by atoms with Gasteiger partial charge in [-0.2, -0.15) is 0 Å². The van der Waals surface area contributed by atoms with Crippen LogP contribution in [0.15, 0.2) is 42.1 Å². The lowest BCUT2D eigenvalue weighted by Crippen LogP contribution is -2.40. The zero-order chi connectivity index (χ0) is 23.7. The minimum atomic E-state index is -0.393. The molecule has 0 saturated carbocycles. The molecule has 1 fully saturated rings. The minimum absolute atomic E-state index is 0.0539. The van der Waals surface area contributed by atoms with Gasteiger partial charge in [-0.1, -0.05) is 18.2 Å². The van der Waals surface area contributed by atoms with E-state index in [9.17, 15) is 14.7 Å². The van der Waals surface area contributed by atoms with E-state index in [1.807, 2.05) is 36.9 Å². The summed E-state index contributed by atoms with van der Waals surface area (Å²) in [5, 5.41) is 9.74. The first kappa shape index (κ1) is 22.9. The molecule has 0 spiro atoms. The zero-order valence-corrected chi connectivity index (χ0v) is 19.6. The number of benzene rings is 2. The number of nitrogens with zero attached hydrogens (tertiary/aromatic N) is 2. The third-order valence-corrected chi connectivity index (χ3v) is 6.58. The highest BCUT2D eigenvalue weighted by Gasteiger charge is 2.44. The number of methoxy groups -OCH3 is 2. The molecule has 2 aromatic carbocycles. The van der Waals surface area contributed by atoms with Crippen LogP contribution in [-0.4, -0.2) is 55.7 Å². The van der Waals surface area contributed by atoms with Crippen LogP contribution in [0.5, 0.6) is 11.5 Å². The van der Waals surface area contributed by atoms with Crippen LogP contribution in [0.3, 0.4) is 0 Å². The number of amides is 2. The summed E-state index contributed by atoms with van der Waals surface area (Å²) in [5.41, 5.74) is 3.98. The fourth-order valence-corrected chi connectivity index (χ4v) is 4.58. The van der Waals surface area contributed by atoms with Crippen molar-refractivity contribution in [3.05, 3.63) is 58.8 Å². The van der Waals surface area contributed by atoms with Gasteiger partial charge in [0.2, 0.25) is 0 Å². The molecule has 7 heteroatoms. The van der Waals surface area contributed by atoms with Gasteiger partial charge >= 0.3 is 0 Å². The Morgan fingerprint density at radius 3 is 2.45 bits per heavy atom. The summed E-state index contributed by atoms with van der Waals surface area (Å²) in [4.78, 5) is 30.9. The van der Waals surface area contributed by atoms with Gasteiger partial charge in [0.1, 0.15) is 17.2 Å². The zero-order valence-electron chi connectivity index (χ0n) is 19.6. The molecule has 174 valence electrons. The van der Waals surface area contributed by atoms with Crippen molar-refractivity contribution in [2.45, 2.75) is 26.7 Å². The van der Waals surface area contributed by atoms with Crippen LogP contribution in [0.1, 0.15) is 29.5 Å². The number of aryl methyl sites for hydroxylation is 2. The largest absolute Gasteiger partial charge is 0.497 e. The quantitative estimate of drug-likeness (QED) is 0.681. The van der Waals surface area contributed by atoms with Gasteiger partial charge < -0.3 is 19.5 Å². The maximum atomic E-state index is 13.9. The molecule has 2 heterocycles. The van der Waals surface area contributed by atoms with E-state index in [0.29, 0.717) is 47.1 Å². The van der Waals surface area contributed by atoms with Gasteiger partial charge in [-0.15, -0.1) is 0 Å². The first-order valence-corrected chi connectivity index (χ1v) is 11.2. The lowest BCUT2D eigenvalue weighted by molar-refractivity contribution is -0.120. The molecular formula is C26H30N2O5. The van der Waals surface area contributed by atoms with E-state index in [0.717, 1.165) is 24.0 Å². The predicted octanol–water partition coefficient (Wildman–Crippen LogP) is 3.31. The molecule has 1 atom stereocenters. The molecule has 33 heavy (non-hydrogen) atoms. The van der Waals surface area contributed by atoms with Crippen molar-refractivity contribution in [1.82, 2.24) is 4.90 Å². The number of piperidine rings is 1. The fourth-order valence-electron chi connectivity index (χ4n) is 4.58. The molecule has 2 aliphatic rings. The Labute approximate surface area is 194 Å². The van der Waals surface area contributed by atoms with Crippen molar-refractivity contribution in [2.24, 2.45) is 5.92 Å². The van der Waals surface area contributed by atoms with Crippen LogP contribution in [0, 0.1) is 19.8 Å². The number of carbonyl (C=O) groups is 2. The number of aliphatic hydroxyl groups excluding tert-OH is 1. The highest BCUT2D eigenvalue weighted by molar-refractivity contribution is 6.45. The first-order chi connectivity index (χ1) is 15.9. The van der Waals surface area contributed by atoms with Crippen LogP contribution in [-0.2, 0) is 9.59 Å². The summed E-state index contributed by atoms with van der Waals surface area (Å²) in [6, 6.07) is 10.9. The van der Waals surface area contributed by atoms with Crippen molar-refractivity contribution in [1.29, 1.82) is 0 Å². The van der Waals surface area contributed by atoms with E-state index in [4.69, 9.17) is 9.47 Å². The molecule has 1 saturated heterocycles. The average Bonchev–Trinajstić information content (AvgIpc) is 3.10. The smallest absolute Gasteiger partial charge is 0.282 e. The number of rotatable bonds is 6. The molecule has 2 aromatic rings. The normalized spacial score (nSPS) is 18.9. The Bertz CT molecular complexity index is 1120. The Morgan fingerprint density at radius 1 is 1.00 bits per heavy atom. The number of imide groups is 1. The van der Waals surface area contributed by atoms with Crippen molar-refractivity contribution in [3.63, 3.8) is 0 Å². The number of ether oxygens (including phenoxy) is 2. The predicted molar refractivity (Wildman–Crippen MR) is 126 cm³/mol. The maximum absolute atomic E-state index is 13.9. The highest BCUT2D eigenvalue weighted by atomic mass is 16.5. The van der Waals surface area contributed by atoms with E-state index < -0.39 is 11.8 Å². The Kier molecular flexibility index (Phi) is 6.42. The summed E-state index contributed by atoms with van der Waals surface area (Å²) in [6.45, 7) is 5.24. The second-order valence-electron chi connectivity index (χ2n) is 8.64. The number of hydrogen-bond donors (Lipinski definition) is 1. The van der Waals surface area contributed by atoms with Gasteiger partial charge in [0.25, 0.3) is 11.8 Å². The van der Waals surface area contributed by atoms with E-state index in [-0.39, 0.29) is 12.5 Å². The molecular weight excluding hydrogens is 420 g/mol. The van der Waals surface area contributed by atoms with Gasteiger partial charge in [-0.05, 0) is 61.4 Å². The Morgan fingerprint density at radius 2 is 1.79 bits per heavy atom. The number of anilines is 1. The monoisotopic (exact) mass is 450 g/mol. The third kappa shape index (κ3) is 4.09. The van der Waals surface area contributed by atoms with Crippen molar-refractivity contribution in [3.8, 4) is 11.5 Å². The topological polar surface area (TPSA) is 79.3 Å². The van der Waals surface area contributed by atoms with Crippen molar-refractivity contribution < 1.29 is 24.2 Å². The second-order valence-corrected chi connectivity index (χ2v) is 8.64. The molecule has 0 radical (unpaired) electrons. The molecule has 1 N–H and O–H groups in total. The van der Waals surface area contributed by atoms with E-state index in [1.165, 1.54) is 19.1 Å². The van der Waals surface area contributed by atoms with E-state index >= 15 is 0 Å². The molecule has 1 unspecified atom stereocenters. The standard InChI is InChI=1S/C26H30N2O5/c1-16-7-8-19(12-17(16)2)23-24(27-11-5-6-18(14-27)15-29)26(31)28(25(23)30)21-13-20(32-3)9-10-22(21)33-4/h7-10,12-13,18,29H,5-6,11,14-15H2,1-4H3. The van der Waals surface area contributed by atoms with Crippen LogP contribution >= 0.6 is 0 Å². The number of aliphatic hydroxyl groups is 1. The number of likely N-dealkylation sites (tertiary alicyclic amines) is 1. The highest BCUT2D eigenvalue weighted by Crippen LogP contribution is 2.41. The Hall–Kier alpha value is -3.32. The van der Waals surface area contributed by atoms with Crippen LogP contribution in [0.25, 0.3) is 5.57 Å². The second kappa shape index (κ2) is 9.27. The van der Waals surface area contributed by atoms with Gasteiger partial charge in [0.05, 0.1) is 25.5 Å². The lowest BCUT2D eigenvalue weighted by Gasteiger charge is -2.34. The fraction of sp³-hybridized carbons (Fsp3) is 0.385. The van der Waals surface area contributed by atoms with Gasteiger partial charge in [0.15, 0.2) is 0 Å². The van der Waals surface area contributed by atoms with Gasteiger partial charge in [-0.25, -0.2) is 4.90 Å². The summed E-state index contributed by atoms with van der Waals surface area (Å²) < 4.78 is 10.8. The third-order valence-electron chi connectivity index (χ3n) is 6.58. The van der Waals surface area contributed by atoms with Crippen molar-refractivity contribution >= 4 is 23.1 Å². The first-order valence-electron chi connectivity index (χ1n) is 11.2. The number of carbonyl (C=O) groups excluding carboxylic acids is 2. The van der Waals surface area contributed by atoms with Crippen molar-refractivity contribution in [2.75, 3.05) is 38.8 Å². The Balaban J connectivity index is 1.87. The van der Waals surface area contributed by atoms with Gasteiger partial charge in [-0.3, -0.25) is 9.59 Å². The van der Waals surface area contributed by atoms with Crippen LogP contribution in [0.2, 0.25) is 0 Å². The average molecular weight is 451 g/mol. The molecule has 0 aromatic heterocycles. The molecule has 0 aliphatic carbocycles. The number of hydrogen-bond acceptors (Lipinski definition) is 6. The summed E-state index contributed by atoms with van der Waals surface area (Å²) in [6.07, 6.45) is 1.74. The summed E-state index contributed by atoms with van der Waals surface area (Å²) >= 11 is 0. The molecule has 0 bridgehead atoms. The molecule has 7 nitrogen and oxygen atoms in total. The van der Waals surface area contributed by atoms with E-state index in [1.54, 1.807) is 18.2 Å². The SMILES string of the molecule is COc1ccc(OC)c(N2C(=O)C(c3ccc(C)c(C)c3)=C(N3CCCC(CO)C3)C2=O)c1. The molecule has 2 aliphatic heterocycles. The maximum Gasteiger partial charge on any atom is 0.282 e. The lowest BCUT2D eigenvalue weighted by atomic mass is 9.96. The van der Waals surface area contributed by atoms with Crippen LogP contribution < -0.4 is 14.4 Å². The molecule has 4 rings (SSSR count). The minimum Gasteiger partial charge on any atom is -0.497 e. The van der Waals surface area contributed by atoms with Gasteiger partial charge in [0, 0.05) is 25.8 Å².